The van der Waals surface area contributed by atoms with Gasteiger partial charge in [0.2, 0.25) is 0 Å². The van der Waals surface area contributed by atoms with Crippen LogP contribution < -0.4 is 5.73 Å². The SMILES string of the molecule is CCOC1(C(N)CCCC(C)C)CCCC(C)C1. The van der Waals surface area contributed by atoms with Gasteiger partial charge in [-0.2, -0.15) is 0 Å². The Hall–Kier alpha value is -0.0800. The third-order valence-corrected chi connectivity index (χ3v) is 4.40. The summed E-state index contributed by atoms with van der Waals surface area (Å²) in [6.45, 7) is 9.80. The lowest BCUT2D eigenvalue weighted by Crippen LogP contribution is -2.52. The van der Waals surface area contributed by atoms with Crippen LogP contribution in [0.1, 0.15) is 72.6 Å². The molecule has 2 N–H and O–H groups in total. The summed E-state index contributed by atoms with van der Waals surface area (Å²) in [5.41, 5.74) is 6.47. The highest BCUT2D eigenvalue weighted by atomic mass is 16.5. The Morgan fingerprint density at radius 1 is 1.33 bits per heavy atom. The first-order valence-electron chi connectivity index (χ1n) is 7.89. The molecular formula is C16H33NO. The van der Waals surface area contributed by atoms with Crippen LogP contribution >= 0.6 is 0 Å². The zero-order chi connectivity index (χ0) is 13.6. The molecule has 108 valence electrons. The van der Waals surface area contributed by atoms with E-state index in [0.29, 0.717) is 0 Å². The molecule has 3 unspecified atom stereocenters. The van der Waals surface area contributed by atoms with E-state index in [2.05, 4.69) is 27.7 Å². The molecule has 0 aromatic rings. The van der Waals surface area contributed by atoms with Crippen molar-refractivity contribution in [3.63, 3.8) is 0 Å². The second-order valence-electron chi connectivity index (χ2n) is 6.63. The van der Waals surface area contributed by atoms with Crippen molar-refractivity contribution in [2.45, 2.75) is 84.3 Å². The fourth-order valence-corrected chi connectivity index (χ4v) is 3.42. The standard InChI is InChI=1S/C16H33NO/c1-5-18-16(11-7-9-14(4)12-16)15(17)10-6-8-13(2)3/h13-15H,5-12,17H2,1-4H3. The third kappa shape index (κ3) is 4.55. The summed E-state index contributed by atoms with van der Waals surface area (Å²) in [5.74, 6) is 1.55. The normalized spacial score (nSPS) is 30.7. The van der Waals surface area contributed by atoms with Crippen molar-refractivity contribution in [3.05, 3.63) is 0 Å². The summed E-state index contributed by atoms with van der Waals surface area (Å²) in [6.07, 6.45) is 8.57. The second-order valence-corrected chi connectivity index (χ2v) is 6.63. The van der Waals surface area contributed by atoms with Gasteiger partial charge in [-0.3, -0.25) is 0 Å². The topological polar surface area (TPSA) is 35.2 Å². The smallest absolute Gasteiger partial charge is 0.0835 e. The predicted molar refractivity (Wildman–Crippen MR) is 78.7 cm³/mol. The minimum absolute atomic E-state index is 0.0244. The molecule has 0 aliphatic heterocycles. The van der Waals surface area contributed by atoms with Crippen molar-refractivity contribution in [1.82, 2.24) is 0 Å². The van der Waals surface area contributed by atoms with Gasteiger partial charge in [-0.25, -0.2) is 0 Å². The predicted octanol–water partition coefficient (Wildman–Crippen LogP) is 4.13. The van der Waals surface area contributed by atoms with Crippen LogP contribution in [-0.4, -0.2) is 18.2 Å². The first kappa shape index (κ1) is 16.0. The zero-order valence-electron chi connectivity index (χ0n) is 12.9. The average molecular weight is 255 g/mol. The lowest BCUT2D eigenvalue weighted by atomic mass is 9.73. The fraction of sp³-hybridized carbons (Fsp3) is 1.00. The fourth-order valence-electron chi connectivity index (χ4n) is 3.42. The van der Waals surface area contributed by atoms with Crippen molar-refractivity contribution in [3.8, 4) is 0 Å². The molecule has 1 rings (SSSR count). The van der Waals surface area contributed by atoms with Crippen molar-refractivity contribution >= 4 is 0 Å². The maximum atomic E-state index is 6.49. The molecule has 0 bridgehead atoms. The van der Waals surface area contributed by atoms with E-state index in [-0.39, 0.29) is 11.6 Å². The van der Waals surface area contributed by atoms with Gasteiger partial charge in [0, 0.05) is 12.6 Å². The molecule has 1 aliphatic rings. The summed E-state index contributed by atoms with van der Waals surface area (Å²) in [4.78, 5) is 0. The first-order chi connectivity index (χ1) is 8.50. The molecule has 0 aromatic heterocycles. The molecule has 0 spiro atoms. The van der Waals surface area contributed by atoms with E-state index < -0.39 is 0 Å². The average Bonchev–Trinajstić information content (AvgIpc) is 2.28. The molecule has 3 atom stereocenters. The quantitative estimate of drug-likeness (QED) is 0.742. The van der Waals surface area contributed by atoms with Crippen LogP contribution in [0.15, 0.2) is 0 Å². The summed E-state index contributed by atoms with van der Waals surface area (Å²) in [6, 6.07) is 0.221. The number of ether oxygens (including phenoxy) is 1. The first-order valence-corrected chi connectivity index (χ1v) is 7.89. The molecule has 0 saturated heterocycles. The van der Waals surface area contributed by atoms with E-state index in [1.807, 2.05) is 0 Å². The molecule has 1 saturated carbocycles. The van der Waals surface area contributed by atoms with Crippen LogP contribution in [0.4, 0.5) is 0 Å². The van der Waals surface area contributed by atoms with Crippen molar-refractivity contribution in [1.29, 1.82) is 0 Å². The summed E-state index contributed by atoms with van der Waals surface area (Å²) < 4.78 is 6.14. The van der Waals surface area contributed by atoms with Crippen LogP contribution in [0.25, 0.3) is 0 Å². The van der Waals surface area contributed by atoms with Crippen LogP contribution in [-0.2, 0) is 4.74 Å². The van der Waals surface area contributed by atoms with Gasteiger partial charge in [0.05, 0.1) is 5.60 Å². The number of hydrogen-bond donors (Lipinski definition) is 1. The number of nitrogens with two attached hydrogens (primary N) is 1. The number of hydrogen-bond acceptors (Lipinski definition) is 2. The molecule has 0 amide bonds. The van der Waals surface area contributed by atoms with Crippen LogP contribution in [0.5, 0.6) is 0 Å². The van der Waals surface area contributed by atoms with Gasteiger partial charge in [-0.05, 0) is 38.0 Å². The van der Waals surface area contributed by atoms with Gasteiger partial charge in [0.1, 0.15) is 0 Å². The van der Waals surface area contributed by atoms with Gasteiger partial charge in [0.15, 0.2) is 0 Å². The van der Waals surface area contributed by atoms with Crippen LogP contribution in [0.2, 0.25) is 0 Å². The Kier molecular flexibility index (Phi) is 6.65. The largest absolute Gasteiger partial charge is 0.374 e. The molecule has 2 nitrogen and oxygen atoms in total. The minimum atomic E-state index is -0.0244. The Morgan fingerprint density at radius 3 is 2.61 bits per heavy atom. The lowest BCUT2D eigenvalue weighted by Gasteiger charge is -2.44. The monoisotopic (exact) mass is 255 g/mol. The van der Waals surface area contributed by atoms with Crippen molar-refractivity contribution in [2.24, 2.45) is 17.6 Å². The molecule has 0 radical (unpaired) electrons. The molecule has 2 heteroatoms. The van der Waals surface area contributed by atoms with E-state index in [4.69, 9.17) is 10.5 Å². The molecule has 18 heavy (non-hydrogen) atoms. The van der Waals surface area contributed by atoms with Crippen LogP contribution in [0, 0.1) is 11.8 Å². The summed E-state index contributed by atoms with van der Waals surface area (Å²) >= 11 is 0. The van der Waals surface area contributed by atoms with E-state index in [1.54, 1.807) is 0 Å². The Bertz CT molecular complexity index is 225. The van der Waals surface area contributed by atoms with Gasteiger partial charge in [0.25, 0.3) is 0 Å². The maximum Gasteiger partial charge on any atom is 0.0835 e. The van der Waals surface area contributed by atoms with Gasteiger partial charge in [-0.15, -0.1) is 0 Å². The van der Waals surface area contributed by atoms with Gasteiger partial charge < -0.3 is 10.5 Å². The Balaban J connectivity index is 2.53. The summed E-state index contributed by atoms with van der Waals surface area (Å²) in [7, 11) is 0. The molecule has 1 aliphatic carbocycles. The molecular weight excluding hydrogens is 222 g/mol. The van der Waals surface area contributed by atoms with Gasteiger partial charge in [-0.1, -0.05) is 46.5 Å². The van der Waals surface area contributed by atoms with Crippen molar-refractivity contribution < 1.29 is 4.74 Å². The van der Waals surface area contributed by atoms with E-state index >= 15 is 0 Å². The zero-order valence-corrected chi connectivity index (χ0v) is 12.9. The molecule has 1 fully saturated rings. The molecule has 0 heterocycles. The molecule has 0 aromatic carbocycles. The lowest BCUT2D eigenvalue weighted by molar-refractivity contribution is -0.0944. The highest BCUT2D eigenvalue weighted by molar-refractivity contribution is 4.95. The van der Waals surface area contributed by atoms with E-state index in [0.717, 1.165) is 37.7 Å². The number of rotatable bonds is 7. The van der Waals surface area contributed by atoms with Crippen molar-refractivity contribution in [2.75, 3.05) is 6.61 Å². The Morgan fingerprint density at radius 2 is 2.06 bits per heavy atom. The van der Waals surface area contributed by atoms with E-state index in [1.165, 1.54) is 25.7 Å². The highest BCUT2D eigenvalue weighted by Gasteiger charge is 2.40. The summed E-state index contributed by atoms with van der Waals surface area (Å²) in [5, 5.41) is 0. The van der Waals surface area contributed by atoms with Gasteiger partial charge >= 0.3 is 0 Å². The highest BCUT2D eigenvalue weighted by Crippen LogP contribution is 2.38. The minimum Gasteiger partial charge on any atom is -0.374 e. The maximum absolute atomic E-state index is 6.49. The second kappa shape index (κ2) is 7.49. The van der Waals surface area contributed by atoms with E-state index in [9.17, 15) is 0 Å². The Labute approximate surface area is 114 Å². The van der Waals surface area contributed by atoms with Crippen LogP contribution in [0.3, 0.4) is 0 Å². The third-order valence-electron chi connectivity index (χ3n) is 4.40.